The van der Waals surface area contributed by atoms with Crippen molar-refractivity contribution < 1.29 is 0 Å². The summed E-state index contributed by atoms with van der Waals surface area (Å²) in [6, 6.07) is 64.6. The van der Waals surface area contributed by atoms with Gasteiger partial charge in [0, 0.05) is 21.9 Å². The predicted octanol–water partition coefficient (Wildman–Crippen LogP) is 10.5. The van der Waals surface area contributed by atoms with Crippen LogP contribution in [0, 0.1) is 0 Å². The topological polar surface area (TPSA) is 25.8 Å². The quantitative estimate of drug-likeness (QED) is 0.185. The average Bonchev–Trinajstić information content (AvgIpc) is 3.13. The minimum absolute atomic E-state index is 0.535. The molecule has 0 radical (unpaired) electrons. The second kappa shape index (κ2) is 11.3. The summed E-state index contributed by atoms with van der Waals surface area (Å²) in [5.74, 6) is 0. The van der Waals surface area contributed by atoms with Crippen LogP contribution >= 0.6 is 0 Å². The number of pyridine rings is 2. The third-order valence-corrected chi connectivity index (χ3v) is 8.84. The summed E-state index contributed by atoms with van der Waals surface area (Å²) in [7, 11) is 0. The first-order valence-corrected chi connectivity index (χ1v) is 15.3. The molecule has 2 aromatic heterocycles. The van der Waals surface area contributed by atoms with Crippen molar-refractivity contribution in [2.75, 3.05) is 0 Å². The van der Waals surface area contributed by atoms with Crippen molar-refractivity contribution >= 4 is 21.8 Å². The van der Waals surface area contributed by atoms with Crippen molar-refractivity contribution in [1.82, 2.24) is 9.97 Å². The van der Waals surface area contributed by atoms with E-state index in [1.54, 1.807) is 0 Å². The summed E-state index contributed by atoms with van der Waals surface area (Å²) in [6.45, 7) is 0. The molecule has 0 bridgehead atoms. The first kappa shape index (κ1) is 26.7. The fourth-order valence-corrected chi connectivity index (χ4v) is 6.61. The van der Waals surface area contributed by atoms with Gasteiger partial charge in [-0.15, -0.1) is 0 Å². The van der Waals surface area contributed by atoms with E-state index in [4.69, 9.17) is 9.97 Å². The molecule has 0 saturated heterocycles. The number of fused-ring (bicyclic) bond motifs is 2. The second-order valence-corrected chi connectivity index (χ2v) is 11.4. The highest BCUT2D eigenvalue weighted by molar-refractivity contribution is 5.82. The van der Waals surface area contributed by atoms with E-state index in [9.17, 15) is 0 Å². The molecular weight excluding hydrogens is 544 g/mol. The molecule has 0 unspecified atom stereocenters. The SMILES string of the molecule is c1ccc(C(c2ccccc2)(c2ccc(-c3ccc4ccccc4n3)cc2)c2ccc(-c3ccc4ccccc4n3)cc2)cc1. The van der Waals surface area contributed by atoms with E-state index in [2.05, 4.69) is 170 Å². The highest BCUT2D eigenvalue weighted by Gasteiger charge is 2.38. The van der Waals surface area contributed by atoms with Crippen molar-refractivity contribution in [3.05, 3.63) is 204 Å². The summed E-state index contributed by atoms with van der Waals surface area (Å²) >= 11 is 0. The van der Waals surface area contributed by atoms with Gasteiger partial charge in [0.05, 0.1) is 27.8 Å². The van der Waals surface area contributed by atoms with Crippen molar-refractivity contribution in [3.63, 3.8) is 0 Å². The number of nitrogens with zero attached hydrogens (tertiary/aromatic N) is 2. The van der Waals surface area contributed by atoms with Crippen LogP contribution in [0.2, 0.25) is 0 Å². The highest BCUT2D eigenvalue weighted by atomic mass is 14.7. The van der Waals surface area contributed by atoms with E-state index < -0.39 is 5.41 Å². The Morgan fingerprint density at radius 2 is 0.644 bits per heavy atom. The predicted molar refractivity (Wildman–Crippen MR) is 186 cm³/mol. The molecule has 8 rings (SSSR count). The van der Waals surface area contributed by atoms with Gasteiger partial charge >= 0.3 is 0 Å². The number of aromatic nitrogens is 2. The smallest absolute Gasteiger partial charge is 0.0709 e. The monoisotopic (exact) mass is 574 g/mol. The van der Waals surface area contributed by atoms with Crippen LogP contribution in [0.1, 0.15) is 22.3 Å². The zero-order valence-corrected chi connectivity index (χ0v) is 24.7. The molecule has 0 aliphatic carbocycles. The Kier molecular flexibility index (Phi) is 6.73. The molecular formula is C43H30N2. The van der Waals surface area contributed by atoms with E-state index in [0.717, 1.165) is 44.3 Å². The molecule has 0 fully saturated rings. The number of hydrogen-bond acceptors (Lipinski definition) is 2. The molecule has 0 spiro atoms. The molecule has 0 amide bonds. The molecule has 0 aliphatic heterocycles. The van der Waals surface area contributed by atoms with Crippen LogP contribution in [-0.4, -0.2) is 9.97 Å². The van der Waals surface area contributed by atoms with E-state index in [1.807, 2.05) is 12.1 Å². The first-order chi connectivity index (χ1) is 22.3. The highest BCUT2D eigenvalue weighted by Crippen LogP contribution is 2.46. The van der Waals surface area contributed by atoms with Gasteiger partial charge in [0.2, 0.25) is 0 Å². The molecule has 8 aromatic rings. The van der Waals surface area contributed by atoms with Gasteiger partial charge in [-0.2, -0.15) is 0 Å². The summed E-state index contributed by atoms with van der Waals surface area (Å²) < 4.78 is 0. The molecule has 6 aromatic carbocycles. The maximum atomic E-state index is 4.96. The average molecular weight is 575 g/mol. The van der Waals surface area contributed by atoms with Gasteiger partial charge in [-0.1, -0.05) is 158 Å². The van der Waals surface area contributed by atoms with E-state index in [1.165, 1.54) is 22.3 Å². The Morgan fingerprint density at radius 1 is 0.289 bits per heavy atom. The molecule has 0 aliphatic rings. The summed E-state index contributed by atoms with van der Waals surface area (Å²) in [4.78, 5) is 9.93. The van der Waals surface area contributed by atoms with Crippen LogP contribution in [0.4, 0.5) is 0 Å². The van der Waals surface area contributed by atoms with Crippen LogP contribution in [0.5, 0.6) is 0 Å². The lowest BCUT2D eigenvalue weighted by molar-refractivity contribution is 0.745. The first-order valence-electron chi connectivity index (χ1n) is 15.3. The molecule has 2 nitrogen and oxygen atoms in total. The molecule has 0 atom stereocenters. The number of hydrogen-bond donors (Lipinski definition) is 0. The van der Waals surface area contributed by atoms with Crippen LogP contribution in [0.25, 0.3) is 44.3 Å². The molecule has 2 heterocycles. The minimum Gasteiger partial charge on any atom is -0.248 e. The van der Waals surface area contributed by atoms with Crippen LogP contribution in [0.3, 0.4) is 0 Å². The summed E-state index contributed by atoms with van der Waals surface area (Å²) in [5, 5.41) is 2.29. The summed E-state index contributed by atoms with van der Waals surface area (Å²) in [6.07, 6.45) is 0. The van der Waals surface area contributed by atoms with Crippen molar-refractivity contribution in [2.45, 2.75) is 5.41 Å². The van der Waals surface area contributed by atoms with E-state index in [-0.39, 0.29) is 0 Å². The van der Waals surface area contributed by atoms with Crippen molar-refractivity contribution in [3.8, 4) is 22.5 Å². The van der Waals surface area contributed by atoms with Gasteiger partial charge in [0.25, 0.3) is 0 Å². The van der Waals surface area contributed by atoms with Gasteiger partial charge in [0.1, 0.15) is 0 Å². The lowest BCUT2D eigenvalue weighted by Gasteiger charge is -2.37. The van der Waals surface area contributed by atoms with Crippen LogP contribution in [-0.2, 0) is 5.41 Å². The standard InChI is InChI=1S/C43H30N2/c1-3-13-35(14-4-1)43(36-15-5-2-6-16-36,37-25-19-33(20-26-37)41-29-23-31-11-7-9-17-39(31)44-41)38-27-21-34(22-28-38)42-30-24-32-12-8-10-18-40(32)45-42/h1-30H. The molecule has 2 heteroatoms. The van der Waals surface area contributed by atoms with Crippen LogP contribution < -0.4 is 0 Å². The Balaban J connectivity index is 1.28. The lowest BCUT2D eigenvalue weighted by atomic mass is 9.65. The maximum absolute atomic E-state index is 4.96. The van der Waals surface area contributed by atoms with Crippen LogP contribution in [0.15, 0.2) is 182 Å². The number of rotatable bonds is 6. The van der Waals surface area contributed by atoms with Gasteiger partial charge in [-0.3, -0.25) is 0 Å². The Bertz CT molecular complexity index is 2070. The summed E-state index contributed by atoms with van der Waals surface area (Å²) in [5.41, 5.74) is 10.4. The van der Waals surface area contributed by atoms with Gasteiger partial charge < -0.3 is 0 Å². The fourth-order valence-electron chi connectivity index (χ4n) is 6.61. The second-order valence-electron chi connectivity index (χ2n) is 11.4. The Hall–Kier alpha value is -5.86. The van der Waals surface area contributed by atoms with Crippen molar-refractivity contribution in [2.24, 2.45) is 0 Å². The minimum atomic E-state index is -0.535. The number of benzene rings is 6. The zero-order chi connectivity index (χ0) is 30.1. The van der Waals surface area contributed by atoms with Gasteiger partial charge in [-0.25, -0.2) is 9.97 Å². The molecule has 45 heavy (non-hydrogen) atoms. The molecule has 212 valence electrons. The molecule has 0 N–H and O–H groups in total. The molecule has 0 saturated carbocycles. The van der Waals surface area contributed by atoms with Gasteiger partial charge in [0.15, 0.2) is 0 Å². The number of para-hydroxylation sites is 2. The third kappa shape index (κ3) is 4.77. The van der Waals surface area contributed by atoms with Crippen molar-refractivity contribution in [1.29, 1.82) is 0 Å². The maximum Gasteiger partial charge on any atom is 0.0709 e. The normalized spacial score (nSPS) is 11.6. The van der Waals surface area contributed by atoms with E-state index >= 15 is 0 Å². The third-order valence-electron chi connectivity index (χ3n) is 8.84. The van der Waals surface area contributed by atoms with Gasteiger partial charge in [-0.05, 0) is 46.5 Å². The lowest BCUT2D eigenvalue weighted by Crippen LogP contribution is -2.31. The Morgan fingerprint density at radius 3 is 1.07 bits per heavy atom. The van der Waals surface area contributed by atoms with E-state index in [0.29, 0.717) is 0 Å². The Labute approximate surface area is 263 Å². The largest absolute Gasteiger partial charge is 0.248 e. The fraction of sp³-hybridized carbons (Fsp3) is 0.0233. The zero-order valence-electron chi connectivity index (χ0n) is 24.7.